The summed E-state index contributed by atoms with van der Waals surface area (Å²) >= 11 is 5.21. The van der Waals surface area contributed by atoms with Gasteiger partial charge in [-0.25, -0.2) is 0 Å². The summed E-state index contributed by atoms with van der Waals surface area (Å²) in [6.45, 7) is 1.87. The number of carbonyl (C=O) groups excluding carboxylic acids is 2. The Morgan fingerprint density at radius 2 is 1.29 bits per heavy atom. The Kier molecular flexibility index (Phi) is 6.14. The summed E-state index contributed by atoms with van der Waals surface area (Å²) in [6.07, 6.45) is 0. The normalized spacial score (nSPS) is 10.0. The van der Waals surface area contributed by atoms with Gasteiger partial charge in [0.15, 0.2) is 5.11 Å². The van der Waals surface area contributed by atoms with Crippen LogP contribution in [0.3, 0.4) is 0 Å². The van der Waals surface area contributed by atoms with E-state index >= 15 is 0 Å². The van der Waals surface area contributed by atoms with E-state index in [4.69, 9.17) is 12.2 Å². The number of hydrogen-bond donors (Lipinski definition) is 3. The van der Waals surface area contributed by atoms with Gasteiger partial charge in [0.05, 0.1) is 0 Å². The lowest BCUT2D eigenvalue weighted by Crippen LogP contribution is -2.34. The van der Waals surface area contributed by atoms with Crippen molar-refractivity contribution in [2.45, 2.75) is 6.92 Å². The molecule has 3 N–H and O–H groups in total. The lowest BCUT2D eigenvalue weighted by Gasteiger charge is -2.11. The van der Waals surface area contributed by atoms with Crippen molar-refractivity contribution in [3.05, 3.63) is 95.6 Å². The molecule has 5 nitrogen and oxygen atoms in total. The molecule has 0 heterocycles. The highest BCUT2D eigenvalue weighted by Crippen LogP contribution is 2.15. The lowest BCUT2D eigenvalue weighted by atomic mass is 10.1. The minimum atomic E-state index is -0.262. The zero-order chi connectivity index (χ0) is 19.9. The molecular formula is C22H19N3O2S. The van der Waals surface area contributed by atoms with Crippen molar-refractivity contribution in [1.29, 1.82) is 0 Å². The SMILES string of the molecule is Cc1ccccc1C(=O)NC(=S)Nc1ccc(NC(=O)c2ccccc2)cc1. The van der Waals surface area contributed by atoms with Crippen molar-refractivity contribution in [2.75, 3.05) is 10.6 Å². The maximum atomic E-state index is 12.3. The monoisotopic (exact) mass is 389 g/mol. The average molecular weight is 389 g/mol. The number of rotatable bonds is 4. The third-order valence-electron chi connectivity index (χ3n) is 4.05. The molecule has 0 saturated heterocycles. The van der Waals surface area contributed by atoms with Crippen LogP contribution < -0.4 is 16.0 Å². The molecule has 28 heavy (non-hydrogen) atoms. The zero-order valence-electron chi connectivity index (χ0n) is 15.2. The molecule has 3 aromatic rings. The molecule has 0 atom stereocenters. The summed E-state index contributed by atoms with van der Waals surface area (Å²) in [6, 6.07) is 23.3. The van der Waals surface area contributed by atoms with Crippen molar-refractivity contribution in [1.82, 2.24) is 5.32 Å². The van der Waals surface area contributed by atoms with Gasteiger partial charge in [-0.1, -0.05) is 36.4 Å². The van der Waals surface area contributed by atoms with Crippen molar-refractivity contribution in [3.63, 3.8) is 0 Å². The standard InChI is InChI=1S/C22H19N3O2S/c1-15-7-5-6-10-19(15)21(27)25-22(28)24-18-13-11-17(12-14-18)23-20(26)16-8-3-2-4-9-16/h2-14H,1H3,(H,23,26)(H2,24,25,27,28). The molecule has 6 heteroatoms. The average Bonchev–Trinajstić information content (AvgIpc) is 2.70. The Balaban J connectivity index is 1.56. The fourth-order valence-electron chi connectivity index (χ4n) is 2.59. The summed E-state index contributed by atoms with van der Waals surface area (Å²) in [7, 11) is 0. The summed E-state index contributed by atoms with van der Waals surface area (Å²) in [5, 5.41) is 8.66. The first kappa shape index (κ1) is 19.3. The van der Waals surface area contributed by atoms with Gasteiger partial charge < -0.3 is 10.6 Å². The van der Waals surface area contributed by atoms with Crippen molar-refractivity contribution >= 4 is 40.5 Å². The smallest absolute Gasteiger partial charge is 0.257 e. The molecule has 0 aliphatic heterocycles. The molecule has 0 saturated carbocycles. The van der Waals surface area contributed by atoms with E-state index in [-0.39, 0.29) is 16.9 Å². The zero-order valence-corrected chi connectivity index (χ0v) is 16.0. The van der Waals surface area contributed by atoms with E-state index in [9.17, 15) is 9.59 Å². The maximum absolute atomic E-state index is 12.3. The summed E-state index contributed by atoms with van der Waals surface area (Å²) in [4.78, 5) is 24.5. The fourth-order valence-corrected chi connectivity index (χ4v) is 2.80. The first-order valence-corrected chi connectivity index (χ1v) is 9.08. The summed E-state index contributed by atoms with van der Waals surface area (Å²) in [5.41, 5.74) is 3.40. The maximum Gasteiger partial charge on any atom is 0.257 e. The molecule has 0 fully saturated rings. The van der Waals surface area contributed by atoms with E-state index in [1.807, 2.05) is 37.3 Å². The Morgan fingerprint density at radius 1 is 0.714 bits per heavy atom. The van der Waals surface area contributed by atoms with Crippen LogP contribution in [0, 0.1) is 6.92 Å². The van der Waals surface area contributed by atoms with Gasteiger partial charge >= 0.3 is 0 Å². The second kappa shape index (κ2) is 8.92. The molecule has 0 radical (unpaired) electrons. The topological polar surface area (TPSA) is 70.2 Å². The van der Waals surface area contributed by atoms with Crippen LogP contribution >= 0.6 is 12.2 Å². The van der Waals surface area contributed by atoms with E-state index in [2.05, 4.69) is 16.0 Å². The fraction of sp³-hybridized carbons (Fsp3) is 0.0455. The molecule has 0 unspecified atom stereocenters. The third kappa shape index (κ3) is 5.02. The van der Waals surface area contributed by atoms with E-state index in [1.165, 1.54) is 0 Å². The predicted molar refractivity (Wildman–Crippen MR) is 116 cm³/mol. The van der Waals surface area contributed by atoms with E-state index < -0.39 is 0 Å². The molecule has 3 rings (SSSR count). The molecule has 0 bridgehead atoms. The van der Waals surface area contributed by atoms with Crippen molar-refractivity contribution in [2.24, 2.45) is 0 Å². The highest BCUT2D eigenvalue weighted by molar-refractivity contribution is 7.80. The van der Waals surface area contributed by atoms with E-state index in [0.717, 1.165) is 5.56 Å². The van der Waals surface area contributed by atoms with Crippen LogP contribution in [0.15, 0.2) is 78.9 Å². The molecule has 0 aliphatic carbocycles. The Bertz CT molecular complexity index is 1000. The van der Waals surface area contributed by atoms with E-state index in [0.29, 0.717) is 22.5 Å². The minimum Gasteiger partial charge on any atom is -0.332 e. The molecule has 2 amide bonds. The third-order valence-corrected chi connectivity index (χ3v) is 4.26. The van der Waals surface area contributed by atoms with Crippen molar-refractivity contribution < 1.29 is 9.59 Å². The van der Waals surface area contributed by atoms with Crippen LogP contribution in [-0.4, -0.2) is 16.9 Å². The highest BCUT2D eigenvalue weighted by Gasteiger charge is 2.10. The second-order valence-electron chi connectivity index (χ2n) is 6.12. The lowest BCUT2D eigenvalue weighted by molar-refractivity contribution is 0.0975. The molecule has 0 aliphatic rings. The van der Waals surface area contributed by atoms with Gasteiger partial charge in [-0.05, 0) is 67.2 Å². The van der Waals surface area contributed by atoms with Crippen LogP contribution in [0.25, 0.3) is 0 Å². The Labute approximate surface area is 168 Å². The van der Waals surface area contributed by atoms with Gasteiger partial charge in [0.25, 0.3) is 11.8 Å². The van der Waals surface area contributed by atoms with Gasteiger partial charge in [0, 0.05) is 22.5 Å². The number of anilines is 2. The first-order chi connectivity index (χ1) is 13.5. The van der Waals surface area contributed by atoms with Crippen LogP contribution in [0.1, 0.15) is 26.3 Å². The number of thiocarbonyl (C=S) groups is 1. The Hall–Kier alpha value is -3.51. The first-order valence-electron chi connectivity index (χ1n) is 8.67. The molecule has 3 aromatic carbocycles. The highest BCUT2D eigenvalue weighted by atomic mass is 32.1. The number of hydrogen-bond acceptors (Lipinski definition) is 3. The van der Waals surface area contributed by atoms with Gasteiger partial charge in [0.2, 0.25) is 0 Å². The molecule has 140 valence electrons. The van der Waals surface area contributed by atoms with Gasteiger partial charge in [-0.3, -0.25) is 14.9 Å². The van der Waals surface area contributed by atoms with Crippen molar-refractivity contribution in [3.8, 4) is 0 Å². The Morgan fingerprint density at radius 3 is 1.93 bits per heavy atom. The number of amides is 2. The number of aryl methyl sites for hydroxylation is 1. The molecular weight excluding hydrogens is 370 g/mol. The van der Waals surface area contributed by atoms with Crippen LogP contribution in [-0.2, 0) is 0 Å². The largest absolute Gasteiger partial charge is 0.332 e. The van der Waals surface area contributed by atoms with Gasteiger partial charge in [-0.15, -0.1) is 0 Å². The summed E-state index contributed by atoms with van der Waals surface area (Å²) < 4.78 is 0. The van der Waals surface area contributed by atoms with Crippen LogP contribution in [0.2, 0.25) is 0 Å². The van der Waals surface area contributed by atoms with Crippen LogP contribution in [0.4, 0.5) is 11.4 Å². The predicted octanol–water partition coefficient (Wildman–Crippen LogP) is 4.37. The minimum absolute atomic E-state index is 0.178. The van der Waals surface area contributed by atoms with Gasteiger partial charge in [0.1, 0.15) is 0 Å². The number of benzene rings is 3. The second-order valence-corrected chi connectivity index (χ2v) is 6.53. The summed E-state index contributed by atoms with van der Waals surface area (Å²) in [5.74, 6) is -0.440. The molecule has 0 spiro atoms. The van der Waals surface area contributed by atoms with Gasteiger partial charge in [-0.2, -0.15) is 0 Å². The quantitative estimate of drug-likeness (QED) is 0.580. The molecule has 0 aromatic heterocycles. The number of carbonyl (C=O) groups is 2. The van der Waals surface area contributed by atoms with E-state index in [1.54, 1.807) is 48.5 Å². The number of nitrogens with one attached hydrogen (secondary N) is 3. The van der Waals surface area contributed by atoms with Crippen LogP contribution in [0.5, 0.6) is 0 Å².